The fraction of sp³-hybridized carbons (Fsp3) is 0.125. The molecule has 1 aliphatic heterocycles. The molecule has 0 radical (unpaired) electrons. The van der Waals surface area contributed by atoms with Crippen molar-refractivity contribution in [3.8, 4) is 0 Å². The Balaban J connectivity index is 2.41. The average Bonchev–Trinajstić information content (AvgIpc) is 2.49. The average molecular weight is 164 g/mol. The van der Waals surface area contributed by atoms with Crippen LogP contribution in [0.25, 0.3) is 6.08 Å². The van der Waals surface area contributed by atoms with E-state index in [0.717, 1.165) is 11.1 Å². The van der Waals surface area contributed by atoms with Gasteiger partial charge < -0.3 is 15.4 Å². The molecule has 0 atom stereocenters. The van der Waals surface area contributed by atoms with Crippen LogP contribution in [0.15, 0.2) is 18.1 Å². The minimum Gasteiger partial charge on any atom is -0.477 e. The molecule has 4 nitrogen and oxygen atoms in total. The summed E-state index contributed by atoms with van der Waals surface area (Å²) in [6.07, 6.45) is 5.27. The van der Waals surface area contributed by atoms with Gasteiger partial charge in [0.25, 0.3) is 0 Å². The number of carbonyl (C=O) groups is 1. The molecule has 62 valence electrons. The first-order chi connectivity index (χ1) is 5.77. The molecule has 0 unspecified atom stereocenters. The summed E-state index contributed by atoms with van der Waals surface area (Å²) in [6, 6.07) is 0. The second-order valence-corrected chi connectivity index (χ2v) is 2.65. The number of aromatic amines is 1. The highest BCUT2D eigenvalue weighted by Gasteiger charge is 2.14. The number of hydrogen-bond acceptors (Lipinski definition) is 2. The van der Waals surface area contributed by atoms with Gasteiger partial charge in [0.05, 0.1) is 0 Å². The molecule has 0 saturated heterocycles. The summed E-state index contributed by atoms with van der Waals surface area (Å²) in [6.45, 7) is 0.580. The van der Waals surface area contributed by atoms with Crippen molar-refractivity contribution >= 4 is 12.0 Å². The van der Waals surface area contributed by atoms with Crippen molar-refractivity contribution in [3.63, 3.8) is 0 Å². The van der Waals surface area contributed by atoms with E-state index in [0.29, 0.717) is 6.54 Å². The maximum absolute atomic E-state index is 10.5. The Kier molecular flexibility index (Phi) is 1.40. The molecule has 0 bridgehead atoms. The minimum absolute atomic E-state index is 0.252. The molecule has 0 amide bonds. The number of carboxylic acids is 1. The number of nitrogens with one attached hydrogen (secondary N) is 2. The van der Waals surface area contributed by atoms with Crippen LogP contribution in [0.3, 0.4) is 0 Å². The smallest absolute Gasteiger partial charge is 0.351 e. The minimum atomic E-state index is -0.915. The Morgan fingerprint density at radius 3 is 3.08 bits per heavy atom. The predicted octanol–water partition coefficient (Wildman–Crippen LogP) is 0.543. The molecule has 3 N–H and O–H groups in total. The lowest BCUT2D eigenvalue weighted by molar-refractivity contribution is -0.133. The Bertz CT molecular complexity index is 352. The summed E-state index contributed by atoms with van der Waals surface area (Å²) in [5.41, 5.74) is 2.30. The number of fused-ring (bicyclic) bond motifs is 1. The van der Waals surface area contributed by atoms with Gasteiger partial charge in [-0.25, -0.2) is 4.79 Å². The molecule has 0 aliphatic carbocycles. The third-order valence-corrected chi connectivity index (χ3v) is 1.87. The fourth-order valence-electron chi connectivity index (χ4n) is 1.23. The van der Waals surface area contributed by atoms with Crippen molar-refractivity contribution in [1.29, 1.82) is 0 Å². The summed E-state index contributed by atoms with van der Waals surface area (Å²) < 4.78 is 0. The van der Waals surface area contributed by atoms with Gasteiger partial charge >= 0.3 is 5.97 Å². The topological polar surface area (TPSA) is 65.1 Å². The van der Waals surface area contributed by atoms with Crippen LogP contribution in [0.2, 0.25) is 0 Å². The lowest BCUT2D eigenvalue weighted by Crippen LogP contribution is -2.22. The van der Waals surface area contributed by atoms with Gasteiger partial charge in [0.15, 0.2) is 0 Å². The summed E-state index contributed by atoms with van der Waals surface area (Å²) in [4.78, 5) is 13.5. The van der Waals surface area contributed by atoms with Crippen LogP contribution >= 0.6 is 0 Å². The van der Waals surface area contributed by atoms with Crippen LogP contribution in [0.5, 0.6) is 0 Å². The lowest BCUT2D eigenvalue weighted by atomic mass is 10.1. The standard InChI is InChI=1S/C8H8N2O2/c11-8(12)7-1-5-2-9-3-6(5)4-10-7/h1-3,9-10H,4H2,(H,11,12). The van der Waals surface area contributed by atoms with Crippen LogP contribution in [-0.4, -0.2) is 16.1 Å². The Labute approximate surface area is 68.9 Å². The summed E-state index contributed by atoms with van der Waals surface area (Å²) >= 11 is 0. The van der Waals surface area contributed by atoms with Crippen LogP contribution in [0, 0.1) is 0 Å². The molecule has 1 aromatic heterocycles. The summed E-state index contributed by atoms with van der Waals surface area (Å²) in [5.74, 6) is -0.915. The maximum atomic E-state index is 10.5. The van der Waals surface area contributed by atoms with Crippen LogP contribution in [0.4, 0.5) is 0 Å². The van der Waals surface area contributed by atoms with Gasteiger partial charge in [-0.1, -0.05) is 0 Å². The lowest BCUT2D eigenvalue weighted by Gasteiger charge is -2.11. The zero-order valence-electron chi connectivity index (χ0n) is 6.29. The number of hydrogen-bond donors (Lipinski definition) is 3. The van der Waals surface area contributed by atoms with Gasteiger partial charge in [-0.15, -0.1) is 0 Å². The van der Waals surface area contributed by atoms with Gasteiger partial charge in [0, 0.05) is 18.9 Å². The number of aliphatic carboxylic acids is 1. The van der Waals surface area contributed by atoms with E-state index in [4.69, 9.17) is 5.11 Å². The van der Waals surface area contributed by atoms with Gasteiger partial charge in [-0.3, -0.25) is 0 Å². The highest BCUT2D eigenvalue weighted by atomic mass is 16.4. The molecule has 0 aromatic carbocycles. The fourth-order valence-corrected chi connectivity index (χ4v) is 1.23. The largest absolute Gasteiger partial charge is 0.477 e. The first-order valence-corrected chi connectivity index (χ1v) is 3.62. The van der Waals surface area contributed by atoms with E-state index in [2.05, 4.69) is 10.3 Å². The van der Waals surface area contributed by atoms with Crippen LogP contribution in [0.1, 0.15) is 11.1 Å². The van der Waals surface area contributed by atoms with Crippen molar-refractivity contribution in [2.75, 3.05) is 0 Å². The monoisotopic (exact) mass is 164 g/mol. The highest BCUT2D eigenvalue weighted by Crippen LogP contribution is 2.16. The maximum Gasteiger partial charge on any atom is 0.351 e. The van der Waals surface area contributed by atoms with Crippen molar-refractivity contribution in [1.82, 2.24) is 10.3 Å². The number of rotatable bonds is 1. The SMILES string of the molecule is O=C(O)C1=Cc2c[nH]cc2CN1. The quantitative estimate of drug-likeness (QED) is 0.567. The number of carboxylic acid groups (broad SMARTS) is 1. The molecule has 4 heteroatoms. The van der Waals surface area contributed by atoms with Crippen molar-refractivity contribution in [3.05, 3.63) is 29.2 Å². The van der Waals surface area contributed by atoms with Crippen LogP contribution in [-0.2, 0) is 11.3 Å². The Morgan fingerprint density at radius 2 is 2.33 bits per heavy atom. The summed E-state index contributed by atoms with van der Waals surface area (Å²) in [7, 11) is 0. The molecular weight excluding hydrogens is 156 g/mol. The molecule has 1 aliphatic rings. The zero-order valence-corrected chi connectivity index (χ0v) is 6.29. The molecule has 12 heavy (non-hydrogen) atoms. The van der Waals surface area contributed by atoms with E-state index in [-0.39, 0.29) is 5.70 Å². The number of H-pyrrole nitrogens is 1. The Morgan fingerprint density at radius 1 is 1.50 bits per heavy atom. The van der Waals surface area contributed by atoms with Gasteiger partial charge in [-0.2, -0.15) is 0 Å². The summed E-state index contributed by atoms with van der Waals surface area (Å²) in [5, 5.41) is 11.5. The first kappa shape index (κ1) is 6.97. The van der Waals surface area contributed by atoms with E-state index in [1.807, 2.05) is 6.20 Å². The molecule has 0 spiro atoms. The highest BCUT2D eigenvalue weighted by molar-refractivity contribution is 5.92. The molecule has 2 heterocycles. The van der Waals surface area contributed by atoms with E-state index >= 15 is 0 Å². The third kappa shape index (κ3) is 0.972. The van der Waals surface area contributed by atoms with E-state index in [1.165, 1.54) is 0 Å². The molecule has 2 rings (SSSR count). The van der Waals surface area contributed by atoms with E-state index < -0.39 is 5.97 Å². The predicted molar refractivity (Wildman–Crippen MR) is 43.2 cm³/mol. The van der Waals surface area contributed by atoms with Crippen LogP contribution < -0.4 is 5.32 Å². The molecule has 1 aromatic rings. The van der Waals surface area contributed by atoms with Gasteiger partial charge in [0.1, 0.15) is 5.70 Å². The zero-order chi connectivity index (χ0) is 8.55. The molecular formula is C8H8N2O2. The Hall–Kier alpha value is -1.71. The second-order valence-electron chi connectivity index (χ2n) is 2.65. The van der Waals surface area contributed by atoms with E-state index in [9.17, 15) is 4.79 Å². The molecule has 0 fully saturated rings. The van der Waals surface area contributed by atoms with Gasteiger partial charge in [-0.05, 0) is 17.2 Å². The first-order valence-electron chi connectivity index (χ1n) is 3.62. The van der Waals surface area contributed by atoms with Crippen molar-refractivity contribution in [2.45, 2.75) is 6.54 Å². The second kappa shape index (κ2) is 2.41. The number of aromatic nitrogens is 1. The third-order valence-electron chi connectivity index (χ3n) is 1.87. The normalized spacial score (nSPS) is 14.5. The van der Waals surface area contributed by atoms with Crippen molar-refractivity contribution < 1.29 is 9.90 Å². The van der Waals surface area contributed by atoms with E-state index in [1.54, 1.807) is 12.3 Å². The van der Waals surface area contributed by atoms with Crippen molar-refractivity contribution in [2.24, 2.45) is 0 Å². The molecule has 0 saturated carbocycles. The van der Waals surface area contributed by atoms with Gasteiger partial charge in [0.2, 0.25) is 0 Å².